The third-order valence-electron chi connectivity index (χ3n) is 3.82. The Morgan fingerprint density at radius 1 is 1.00 bits per heavy atom. The molecule has 0 amide bonds. The molecule has 2 aromatic rings. The lowest BCUT2D eigenvalue weighted by molar-refractivity contribution is 0.415. The van der Waals surface area contributed by atoms with Crippen molar-refractivity contribution in [1.29, 1.82) is 0 Å². The molecule has 0 unspecified atom stereocenters. The van der Waals surface area contributed by atoms with E-state index in [0.717, 1.165) is 18.7 Å². The Morgan fingerprint density at radius 2 is 1.70 bits per heavy atom. The van der Waals surface area contributed by atoms with Crippen LogP contribution >= 0.6 is 0 Å². The van der Waals surface area contributed by atoms with E-state index in [1.807, 2.05) is 12.1 Å². The van der Waals surface area contributed by atoms with Crippen molar-refractivity contribution >= 4 is 17.8 Å². The third-order valence-corrected chi connectivity index (χ3v) is 3.82. The highest BCUT2D eigenvalue weighted by molar-refractivity contribution is 5.72. The van der Waals surface area contributed by atoms with E-state index < -0.39 is 0 Å². The lowest BCUT2D eigenvalue weighted by atomic mass is 10.1. The molecular weight excluding hydrogens is 246 g/mol. The number of nitrogens with zero attached hydrogens (tertiary/aromatic N) is 1. The van der Waals surface area contributed by atoms with Gasteiger partial charge in [-0.05, 0) is 47.4 Å². The van der Waals surface area contributed by atoms with E-state index in [1.165, 1.54) is 22.4 Å². The third kappa shape index (κ3) is 2.55. The number of ether oxygens (including phenoxy) is 1. The topological polar surface area (TPSA) is 12.5 Å². The summed E-state index contributed by atoms with van der Waals surface area (Å²) in [6, 6.07) is 14.8. The predicted molar refractivity (Wildman–Crippen MR) is 85.3 cm³/mol. The molecule has 0 aromatic heterocycles. The second-order valence-corrected chi connectivity index (χ2v) is 5.17. The van der Waals surface area contributed by atoms with Crippen LogP contribution in [0.3, 0.4) is 0 Å². The van der Waals surface area contributed by atoms with Crippen molar-refractivity contribution in [2.75, 3.05) is 25.6 Å². The van der Waals surface area contributed by atoms with Crippen LogP contribution in [0.2, 0.25) is 0 Å². The summed E-state index contributed by atoms with van der Waals surface area (Å²) in [4.78, 5) is 2.31. The van der Waals surface area contributed by atoms with Crippen LogP contribution in [0.5, 0.6) is 5.75 Å². The molecule has 0 radical (unpaired) electrons. The molecule has 2 nitrogen and oxygen atoms in total. The first-order chi connectivity index (χ1) is 9.76. The van der Waals surface area contributed by atoms with E-state index in [9.17, 15) is 0 Å². The second-order valence-electron chi connectivity index (χ2n) is 5.17. The van der Waals surface area contributed by atoms with Crippen LogP contribution in [0.15, 0.2) is 42.5 Å². The van der Waals surface area contributed by atoms with Crippen molar-refractivity contribution in [3.8, 4) is 5.75 Å². The summed E-state index contributed by atoms with van der Waals surface area (Å²) >= 11 is 0. The van der Waals surface area contributed by atoms with Gasteiger partial charge in [-0.1, -0.05) is 30.4 Å². The molecule has 0 spiro atoms. The van der Waals surface area contributed by atoms with Gasteiger partial charge < -0.3 is 9.64 Å². The number of hydrogen-bond acceptors (Lipinski definition) is 2. The van der Waals surface area contributed by atoms with Crippen molar-refractivity contribution in [2.24, 2.45) is 0 Å². The summed E-state index contributed by atoms with van der Waals surface area (Å²) in [6.45, 7) is 1.13. The Bertz CT molecular complexity index is 628. The first-order valence-corrected chi connectivity index (χ1v) is 6.92. The van der Waals surface area contributed by atoms with E-state index in [0.29, 0.717) is 0 Å². The molecule has 0 N–H and O–H groups in total. The fourth-order valence-corrected chi connectivity index (χ4v) is 2.60. The molecule has 20 heavy (non-hydrogen) atoms. The van der Waals surface area contributed by atoms with Crippen LogP contribution in [-0.4, -0.2) is 20.7 Å². The predicted octanol–water partition coefficient (Wildman–Crippen LogP) is 3.86. The number of fused-ring (bicyclic) bond motifs is 1. The Hall–Kier alpha value is -2.22. The zero-order valence-electron chi connectivity index (χ0n) is 12.0. The van der Waals surface area contributed by atoms with E-state index in [4.69, 9.17) is 4.74 Å². The van der Waals surface area contributed by atoms with Gasteiger partial charge in [0.15, 0.2) is 0 Å². The van der Waals surface area contributed by atoms with E-state index in [2.05, 4.69) is 54.4 Å². The monoisotopic (exact) mass is 265 g/mol. The molecule has 3 rings (SSSR count). The van der Waals surface area contributed by atoms with Gasteiger partial charge in [0.05, 0.1) is 7.11 Å². The molecule has 1 aliphatic rings. The fourth-order valence-electron chi connectivity index (χ4n) is 2.60. The molecule has 0 atom stereocenters. The molecule has 0 saturated carbocycles. The molecule has 0 aliphatic carbocycles. The molecule has 1 aliphatic heterocycles. The average Bonchev–Trinajstić information content (AvgIpc) is 2.87. The maximum absolute atomic E-state index is 5.16. The van der Waals surface area contributed by atoms with Crippen molar-refractivity contribution < 1.29 is 4.74 Å². The van der Waals surface area contributed by atoms with Gasteiger partial charge in [-0.15, -0.1) is 0 Å². The zero-order chi connectivity index (χ0) is 13.9. The SMILES string of the molecule is COc1ccc(C=Cc2ccc3c(c2)CCN3C)cc1. The van der Waals surface area contributed by atoms with Gasteiger partial charge >= 0.3 is 0 Å². The quantitative estimate of drug-likeness (QED) is 0.781. The number of benzene rings is 2. The second kappa shape index (κ2) is 5.41. The Morgan fingerprint density at radius 3 is 2.45 bits per heavy atom. The van der Waals surface area contributed by atoms with E-state index in [1.54, 1.807) is 7.11 Å². The van der Waals surface area contributed by atoms with Gasteiger partial charge in [0.1, 0.15) is 5.75 Å². The van der Waals surface area contributed by atoms with Crippen LogP contribution in [0.25, 0.3) is 12.2 Å². The minimum atomic E-state index is 0.891. The van der Waals surface area contributed by atoms with E-state index in [-0.39, 0.29) is 0 Å². The zero-order valence-corrected chi connectivity index (χ0v) is 12.0. The number of methoxy groups -OCH3 is 1. The molecule has 0 bridgehead atoms. The van der Waals surface area contributed by atoms with Gasteiger partial charge in [-0.3, -0.25) is 0 Å². The number of hydrogen-bond donors (Lipinski definition) is 0. The summed E-state index contributed by atoms with van der Waals surface area (Å²) < 4.78 is 5.16. The van der Waals surface area contributed by atoms with Crippen molar-refractivity contribution in [3.05, 3.63) is 59.2 Å². The minimum absolute atomic E-state index is 0.891. The lowest BCUT2D eigenvalue weighted by Gasteiger charge is -2.11. The van der Waals surface area contributed by atoms with Crippen LogP contribution in [0, 0.1) is 0 Å². The number of likely N-dealkylation sites (N-methyl/N-ethyl adjacent to an activating group) is 1. The maximum atomic E-state index is 5.16. The molecule has 0 fully saturated rings. The standard InChI is InChI=1S/C18H19NO/c1-19-12-11-16-13-15(7-10-18(16)19)4-3-14-5-8-17(20-2)9-6-14/h3-10,13H,11-12H2,1-2H3. The van der Waals surface area contributed by atoms with Crippen molar-refractivity contribution in [2.45, 2.75) is 6.42 Å². The first-order valence-electron chi connectivity index (χ1n) is 6.92. The van der Waals surface area contributed by atoms with Gasteiger partial charge in [0, 0.05) is 19.3 Å². The highest BCUT2D eigenvalue weighted by Crippen LogP contribution is 2.28. The van der Waals surface area contributed by atoms with Crippen LogP contribution in [0.1, 0.15) is 16.7 Å². The summed E-state index contributed by atoms with van der Waals surface area (Å²) in [7, 11) is 3.84. The van der Waals surface area contributed by atoms with Gasteiger partial charge in [0.2, 0.25) is 0 Å². The van der Waals surface area contributed by atoms with Crippen LogP contribution < -0.4 is 9.64 Å². The van der Waals surface area contributed by atoms with Gasteiger partial charge in [0.25, 0.3) is 0 Å². The van der Waals surface area contributed by atoms with Crippen molar-refractivity contribution in [1.82, 2.24) is 0 Å². The first kappa shape index (κ1) is 12.8. The molecule has 2 aromatic carbocycles. The summed E-state index contributed by atoms with van der Waals surface area (Å²) in [5.74, 6) is 0.891. The smallest absolute Gasteiger partial charge is 0.118 e. The van der Waals surface area contributed by atoms with E-state index >= 15 is 0 Å². The van der Waals surface area contributed by atoms with Gasteiger partial charge in [-0.25, -0.2) is 0 Å². The minimum Gasteiger partial charge on any atom is -0.497 e. The van der Waals surface area contributed by atoms with Gasteiger partial charge in [-0.2, -0.15) is 0 Å². The average molecular weight is 265 g/mol. The molecule has 1 heterocycles. The fraction of sp³-hybridized carbons (Fsp3) is 0.222. The highest BCUT2D eigenvalue weighted by Gasteiger charge is 2.14. The summed E-state index contributed by atoms with van der Waals surface area (Å²) in [5.41, 5.74) is 5.26. The molecule has 0 saturated heterocycles. The number of rotatable bonds is 3. The number of anilines is 1. The maximum Gasteiger partial charge on any atom is 0.118 e. The molecule has 2 heteroatoms. The lowest BCUT2D eigenvalue weighted by Crippen LogP contribution is -2.12. The Balaban J connectivity index is 1.78. The van der Waals surface area contributed by atoms with Crippen LogP contribution in [-0.2, 0) is 6.42 Å². The summed E-state index contributed by atoms with van der Waals surface area (Å²) in [5, 5.41) is 0. The van der Waals surface area contributed by atoms with Crippen LogP contribution in [0.4, 0.5) is 5.69 Å². The van der Waals surface area contributed by atoms with Crippen molar-refractivity contribution in [3.63, 3.8) is 0 Å². The Labute approximate surface area is 120 Å². The normalized spacial score (nSPS) is 13.8. The largest absolute Gasteiger partial charge is 0.497 e. The Kier molecular flexibility index (Phi) is 3.46. The highest BCUT2D eigenvalue weighted by atomic mass is 16.5. The molecular formula is C18H19NO. The summed E-state index contributed by atoms with van der Waals surface area (Å²) in [6.07, 6.45) is 5.45. The molecule has 102 valence electrons.